The highest BCUT2D eigenvalue weighted by molar-refractivity contribution is 8.01. The van der Waals surface area contributed by atoms with Crippen LogP contribution in [0.1, 0.15) is 57.1 Å². The Morgan fingerprint density at radius 3 is 2.24 bits per heavy atom. The molecule has 1 saturated heterocycles. The summed E-state index contributed by atoms with van der Waals surface area (Å²) in [5.74, 6) is -1.77. The van der Waals surface area contributed by atoms with Gasteiger partial charge in [0.1, 0.15) is 23.7 Å². The number of sulfonamides is 1. The highest BCUT2D eigenvalue weighted by Gasteiger charge is 2.46. The van der Waals surface area contributed by atoms with E-state index in [1.165, 1.54) is 28.2 Å². The molecular formula is C30H37N3O7S2. The van der Waals surface area contributed by atoms with Gasteiger partial charge in [-0.3, -0.25) is 14.4 Å². The summed E-state index contributed by atoms with van der Waals surface area (Å²) in [7, 11) is -3.99. The van der Waals surface area contributed by atoms with Crippen molar-refractivity contribution in [3.63, 3.8) is 0 Å². The minimum atomic E-state index is -3.99. The van der Waals surface area contributed by atoms with Crippen LogP contribution in [0.3, 0.4) is 0 Å². The van der Waals surface area contributed by atoms with Gasteiger partial charge in [0, 0.05) is 43.6 Å². The molecule has 1 amide bonds. The lowest BCUT2D eigenvalue weighted by molar-refractivity contribution is -0.142. The fourth-order valence-electron chi connectivity index (χ4n) is 4.76. The maximum atomic E-state index is 13.4. The second kappa shape index (κ2) is 15.2. The van der Waals surface area contributed by atoms with Crippen molar-refractivity contribution in [2.75, 3.05) is 5.75 Å². The molecule has 1 aliphatic rings. The van der Waals surface area contributed by atoms with E-state index in [0.717, 1.165) is 5.56 Å². The third-order valence-corrected chi connectivity index (χ3v) is 10.4. The summed E-state index contributed by atoms with van der Waals surface area (Å²) < 4.78 is 28.1. The number of benzene rings is 2. The summed E-state index contributed by atoms with van der Waals surface area (Å²) in [5.41, 5.74) is 1.68. The molecule has 1 unspecified atom stereocenters. The zero-order valence-corrected chi connectivity index (χ0v) is 25.4. The Morgan fingerprint density at radius 2 is 1.64 bits per heavy atom. The zero-order chi connectivity index (χ0) is 30.9. The average Bonchev–Trinajstić information content (AvgIpc) is 3.39. The highest BCUT2D eigenvalue weighted by atomic mass is 32.2. The fourth-order valence-corrected chi connectivity index (χ4v) is 8.33. The predicted molar refractivity (Wildman–Crippen MR) is 161 cm³/mol. The minimum Gasteiger partial charge on any atom is -0.480 e. The van der Waals surface area contributed by atoms with Crippen molar-refractivity contribution in [3.8, 4) is 0 Å². The number of nitrogens with zero attached hydrogens (tertiary/aromatic N) is 1. The van der Waals surface area contributed by atoms with E-state index in [1.807, 2.05) is 6.92 Å². The number of carboxylic acid groups (broad SMARTS) is 1. The van der Waals surface area contributed by atoms with E-state index in [2.05, 4.69) is 5.32 Å². The van der Waals surface area contributed by atoms with Gasteiger partial charge in [-0.1, -0.05) is 49.4 Å². The molecule has 1 heterocycles. The molecule has 0 radical (unpaired) electrons. The minimum absolute atomic E-state index is 0.0207. The van der Waals surface area contributed by atoms with Crippen LogP contribution in [-0.4, -0.2) is 70.2 Å². The monoisotopic (exact) mass is 615 g/mol. The second-order valence-corrected chi connectivity index (χ2v) is 13.4. The Balaban J connectivity index is 1.61. The largest absolute Gasteiger partial charge is 0.480 e. The number of hydrogen-bond acceptors (Lipinski definition) is 8. The van der Waals surface area contributed by atoms with Crippen molar-refractivity contribution in [2.24, 2.45) is 0 Å². The molecular weight excluding hydrogens is 578 g/mol. The van der Waals surface area contributed by atoms with E-state index >= 15 is 0 Å². The molecule has 3 atom stereocenters. The number of amides is 1. The zero-order valence-electron chi connectivity index (χ0n) is 23.7. The summed E-state index contributed by atoms with van der Waals surface area (Å²) in [6.45, 7) is 3.41. The van der Waals surface area contributed by atoms with Gasteiger partial charge in [-0.05, 0) is 43.0 Å². The van der Waals surface area contributed by atoms with Crippen molar-refractivity contribution in [1.29, 1.82) is 5.41 Å². The molecule has 10 nitrogen and oxygen atoms in total. The maximum Gasteiger partial charge on any atom is 0.326 e. The summed E-state index contributed by atoms with van der Waals surface area (Å²) in [5, 5.41) is 19.3. The van der Waals surface area contributed by atoms with Crippen LogP contribution in [0.25, 0.3) is 0 Å². The fraction of sp³-hybridized carbons (Fsp3) is 0.433. The van der Waals surface area contributed by atoms with Crippen LogP contribution >= 0.6 is 11.8 Å². The molecule has 1 aliphatic heterocycles. The van der Waals surface area contributed by atoms with Gasteiger partial charge in [-0.25, -0.2) is 13.2 Å². The Bertz CT molecular complexity index is 1400. The molecule has 1 fully saturated rings. The van der Waals surface area contributed by atoms with Gasteiger partial charge in [-0.2, -0.15) is 4.31 Å². The molecule has 0 spiro atoms. The smallest absolute Gasteiger partial charge is 0.326 e. The van der Waals surface area contributed by atoms with Crippen molar-refractivity contribution < 1.29 is 32.7 Å². The van der Waals surface area contributed by atoms with Crippen LogP contribution in [-0.2, 0) is 42.0 Å². The highest BCUT2D eigenvalue weighted by Crippen LogP contribution is 2.36. The van der Waals surface area contributed by atoms with E-state index in [9.17, 15) is 32.7 Å². The Labute approximate surface area is 250 Å². The summed E-state index contributed by atoms with van der Waals surface area (Å²) in [4.78, 5) is 49.5. The average molecular weight is 616 g/mol. The first-order valence-electron chi connectivity index (χ1n) is 13.8. The number of thioether (sulfide) groups is 1. The third kappa shape index (κ3) is 9.07. The number of Topliss-reactive ketones (excluding diaryl/α,β-unsaturated/α-hetero) is 2. The molecule has 3 rings (SSSR count). The van der Waals surface area contributed by atoms with E-state index in [0.29, 0.717) is 24.1 Å². The lowest BCUT2D eigenvalue weighted by Crippen LogP contribution is -2.53. The maximum absolute atomic E-state index is 13.4. The molecule has 226 valence electrons. The molecule has 0 saturated carbocycles. The normalized spacial score (nSPS) is 17.9. The SMILES string of the molecule is CCC1SC[C@@H](C(=O)N[C@@H](Cc2ccc(CC(=O)CCCC(=O)CC(C)=N)cc2)C(=O)O)N1S(=O)(=O)c1ccccc1. The van der Waals surface area contributed by atoms with Crippen LogP contribution in [0.4, 0.5) is 0 Å². The van der Waals surface area contributed by atoms with Crippen molar-refractivity contribution in [1.82, 2.24) is 9.62 Å². The summed E-state index contributed by atoms with van der Waals surface area (Å²) in [6.07, 6.45) is 1.71. The molecule has 0 aromatic heterocycles. The second-order valence-electron chi connectivity index (χ2n) is 10.3. The van der Waals surface area contributed by atoms with Crippen LogP contribution in [0.5, 0.6) is 0 Å². The number of aliphatic carboxylic acids is 1. The third-order valence-electron chi connectivity index (χ3n) is 6.86. The molecule has 12 heteroatoms. The Kier molecular flexibility index (Phi) is 12.0. The van der Waals surface area contributed by atoms with Gasteiger partial charge in [0.2, 0.25) is 15.9 Å². The van der Waals surface area contributed by atoms with Crippen LogP contribution < -0.4 is 5.32 Å². The first kappa shape index (κ1) is 33.2. The van der Waals surface area contributed by atoms with Gasteiger partial charge in [0.15, 0.2) is 0 Å². The lowest BCUT2D eigenvalue weighted by Gasteiger charge is -2.28. The van der Waals surface area contributed by atoms with Gasteiger partial charge in [0.05, 0.1) is 10.3 Å². The Morgan fingerprint density at radius 1 is 1.02 bits per heavy atom. The van der Waals surface area contributed by atoms with Crippen molar-refractivity contribution in [3.05, 3.63) is 65.7 Å². The number of hydrogen-bond donors (Lipinski definition) is 3. The van der Waals surface area contributed by atoms with E-state index in [-0.39, 0.29) is 54.3 Å². The van der Waals surface area contributed by atoms with Crippen molar-refractivity contribution >= 4 is 50.9 Å². The molecule has 3 N–H and O–H groups in total. The quantitative estimate of drug-likeness (QED) is 0.241. The molecule has 2 aromatic carbocycles. The molecule has 0 aliphatic carbocycles. The van der Waals surface area contributed by atoms with Gasteiger partial charge < -0.3 is 15.8 Å². The summed E-state index contributed by atoms with van der Waals surface area (Å²) in [6, 6.07) is 12.4. The van der Waals surface area contributed by atoms with Crippen LogP contribution in [0, 0.1) is 5.41 Å². The first-order valence-corrected chi connectivity index (χ1v) is 16.3. The van der Waals surface area contributed by atoms with Gasteiger partial charge in [0.25, 0.3) is 0 Å². The first-order chi connectivity index (χ1) is 19.9. The van der Waals surface area contributed by atoms with E-state index in [1.54, 1.807) is 49.4 Å². The summed E-state index contributed by atoms with van der Waals surface area (Å²) >= 11 is 1.35. The van der Waals surface area contributed by atoms with Crippen LogP contribution in [0.2, 0.25) is 0 Å². The van der Waals surface area contributed by atoms with Gasteiger partial charge in [-0.15, -0.1) is 11.8 Å². The molecule has 0 bridgehead atoms. The Hall–Kier alpha value is -3.35. The number of carbonyl (C=O) groups excluding carboxylic acids is 3. The molecule has 2 aromatic rings. The number of rotatable bonds is 16. The predicted octanol–water partition coefficient (Wildman–Crippen LogP) is 3.62. The number of nitrogens with one attached hydrogen (secondary N) is 2. The number of carboxylic acids is 1. The standard InChI is InChI=1S/C30H37N3O7S2/c1-3-28-33(42(39,40)25-10-5-4-6-11-25)27(19-41-28)29(36)32-26(30(37)38)18-22-14-12-21(13-15-22)17-24(35)9-7-8-23(34)16-20(2)31/h4-6,10-15,26-28,31H,3,7-9,16-19H2,1-2H3,(H,32,36)(H,37,38)/t26-,27-,28?/m0/s1. The number of ketones is 2. The lowest BCUT2D eigenvalue weighted by atomic mass is 10.00. The van der Waals surface area contributed by atoms with Crippen LogP contribution in [0.15, 0.2) is 59.5 Å². The number of carbonyl (C=O) groups is 4. The topological polar surface area (TPSA) is 162 Å². The molecule has 42 heavy (non-hydrogen) atoms. The van der Waals surface area contributed by atoms with Gasteiger partial charge >= 0.3 is 5.97 Å². The van der Waals surface area contributed by atoms with E-state index < -0.39 is 39.4 Å². The van der Waals surface area contributed by atoms with Crippen molar-refractivity contribution in [2.45, 2.75) is 81.1 Å². The van der Waals surface area contributed by atoms with E-state index in [4.69, 9.17) is 5.41 Å².